The van der Waals surface area contributed by atoms with Crippen molar-refractivity contribution in [2.24, 2.45) is 5.92 Å². The summed E-state index contributed by atoms with van der Waals surface area (Å²) >= 11 is 0. The molecule has 0 saturated heterocycles. The lowest BCUT2D eigenvalue weighted by Gasteiger charge is -2.11. The molecule has 150 valence electrons. The standard InChI is InChI=1S/C23H24N2O4/c1-4-14(2)23(28)25-17-7-5-16(6-8-17)12-21(26)24-18-9-10-19-15(3)11-22(27)29-20(19)13-18/h5-11,13-14H,4,12H2,1-3H3,(H,24,26)(H,25,28). The van der Waals surface area contributed by atoms with Crippen LogP contribution in [0.1, 0.15) is 31.4 Å². The van der Waals surface area contributed by atoms with Crippen molar-refractivity contribution in [3.05, 3.63) is 70.1 Å². The summed E-state index contributed by atoms with van der Waals surface area (Å²) in [5, 5.41) is 6.51. The number of carbonyl (C=O) groups excluding carboxylic acids is 2. The lowest BCUT2D eigenvalue weighted by molar-refractivity contribution is -0.119. The molecule has 1 aromatic heterocycles. The van der Waals surface area contributed by atoms with Crippen LogP contribution in [0.3, 0.4) is 0 Å². The zero-order valence-corrected chi connectivity index (χ0v) is 16.7. The van der Waals surface area contributed by atoms with Crippen LogP contribution >= 0.6 is 0 Å². The highest BCUT2D eigenvalue weighted by Gasteiger charge is 2.11. The highest BCUT2D eigenvalue weighted by molar-refractivity contribution is 5.95. The lowest BCUT2D eigenvalue weighted by Crippen LogP contribution is -2.19. The summed E-state index contributed by atoms with van der Waals surface area (Å²) in [5.41, 5.74) is 2.95. The molecule has 6 heteroatoms. The summed E-state index contributed by atoms with van der Waals surface area (Å²) in [6.45, 7) is 5.69. The molecule has 2 N–H and O–H groups in total. The van der Waals surface area contributed by atoms with E-state index in [-0.39, 0.29) is 24.2 Å². The number of amides is 2. The molecule has 0 aliphatic heterocycles. The van der Waals surface area contributed by atoms with Gasteiger partial charge in [0.25, 0.3) is 0 Å². The number of hydrogen-bond acceptors (Lipinski definition) is 4. The molecule has 0 bridgehead atoms. The molecule has 3 aromatic rings. The first-order chi connectivity index (χ1) is 13.9. The highest BCUT2D eigenvalue weighted by atomic mass is 16.4. The maximum atomic E-state index is 12.4. The molecule has 0 aliphatic carbocycles. The molecule has 29 heavy (non-hydrogen) atoms. The van der Waals surface area contributed by atoms with Crippen molar-refractivity contribution >= 4 is 34.2 Å². The van der Waals surface area contributed by atoms with E-state index in [1.54, 1.807) is 24.3 Å². The van der Waals surface area contributed by atoms with E-state index in [4.69, 9.17) is 4.42 Å². The molecule has 1 unspecified atom stereocenters. The van der Waals surface area contributed by atoms with E-state index in [1.807, 2.05) is 39.0 Å². The second-order valence-electron chi connectivity index (χ2n) is 7.18. The van der Waals surface area contributed by atoms with Crippen molar-refractivity contribution in [2.45, 2.75) is 33.6 Å². The summed E-state index contributed by atoms with van der Waals surface area (Å²) in [5.74, 6) is -0.248. The van der Waals surface area contributed by atoms with Crippen molar-refractivity contribution in [3.8, 4) is 0 Å². The fourth-order valence-electron chi connectivity index (χ4n) is 2.95. The van der Waals surface area contributed by atoms with Gasteiger partial charge in [0.15, 0.2) is 0 Å². The molecular weight excluding hydrogens is 368 g/mol. The van der Waals surface area contributed by atoms with Gasteiger partial charge in [-0.3, -0.25) is 9.59 Å². The van der Waals surface area contributed by atoms with Gasteiger partial charge in [-0.25, -0.2) is 4.79 Å². The van der Waals surface area contributed by atoms with Gasteiger partial charge in [-0.2, -0.15) is 0 Å². The van der Waals surface area contributed by atoms with Crippen molar-refractivity contribution in [2.75, 3.05) is 10.6 Å². The number of aryl methyl sites for hydroxylation is 1. The third-order valence-corrected chi connectivity index (χ3v) is 4.88. The van der Waals surface area contributed by atoms with E-state index in [1.165, 1.54) is 6.07 Å². The van der Waals surface area contributed by atoms with E-state index in [2.05, 4.69) is 10.6 Å². The van der Waals surface area contributed by atoms with E-state index in [9.17, 15) is 14.4 Å². The average molecular weight is 392 g/mol. The van der Waals surface area contributed by atoms with Crippen molar-refractivity contribution < 1.29 is 14.0 Å². The molecule has 3 rings (SSSR count). The number of carbonyl (C=O) groups is 2. The topological polar surface area (TPSA) is 88.4 Å². The number of rotatable bonds is 6. The van der Waals surface area contributed by atoms with Crippen LogP contribution in [0.2, 0.25) is 0 Å². The first kappa shape index (κ1) is 20.3. The summed E-state index contributed by atoms with van der Waals surface area (Å²) in [6.07, 6.45) is 0.969. The first-order valence-corrected chi connectivity index (χ1v) is 9.60. The minimum Gasteiger partial charge on any atom is -0.423 e. The van der Waals surface area contributed by atoms with E-state index in [0.29, 0.717) is 17.0 Å². The van der Waals surface area contributed by atoms with Crippen LogP contribution in [-0.2, 0) is 16.0 Å². The van der Waals surface area contributed by atoms with Crippen molar-refractivity contribution in [3.63, 3.8) is 0 Å². The van der Waals surface area contributed by atoms with Crippen molar-refractivity contribution in [1.29, 1.82) is 0 Å². The van der Waals surface area contributed by atoms with Crippen LogP contribution in [-0.4, -0.2) is 11.8 Å². The van der Waals surface area contributed by atoms with Gasteiger partial charge in [-0.15, -0.1) is 0 Å². The third kappa shape index (κ3) is 5.10. The number of nitrogens with one attached hydrogen (secondary N) is 2. The summed E-state index contributed by atoms with van der Waals surface area (Å²) in [6, 6.07) is 13.9. The Morgan fingerprint density at radius 3 is 2.38 bits per heavy atom. The maximum absolute atomic E-state index is 12.4. The zero-order chi connectivity index (χ0) is 21.0. The van der Waals surface area contributed by atoms with E-state index >= 15 is 0 Å². The molecule has 1 atom stereocenters. The van der Waals surface area contributed by atoms with Gasteiger partial charge in [-0.1, -0.05) is 26.0 Å². The molecule has 0 saturated carbocycles. The molecule has 0 fully saturated rings. The predicted molar refractivity (Wildman–Crippen MR) is 114 cm³/mol. The molecule has 1 heterocycles. The quantitative estimate of drug-likeness (QED) is 0.613. The van der Waals surface area contributed by atoms with Crippen LogP contribution in [0.4, 0.5) is 11.4 Å². The van der Waals surface area contributed by atoms with Crippen molar-refractivity contribution in [1.82, 2.24) is 0 Å². The van der Waals surface area contributed by atoms with Gasteiger partial charge < -0.3 is 15.1 Å². The second-order valence-corrected chi connectivity index (χ2v) is 7.18. The van der Waals surface area contributed by atoms with Gasteiger partial charge in [-0.05, 0) is 48.7 Å². The largest absolute Gasteiger partial charge is 0.423 e. The second kappa shape index (κ2) is 8.73. The molecule has 0 radical (unpaired) electrons. The Hall–Kier alpha value is -3.41. The Balaban J connectivity index is 1.64. The minimum atomic E-state index is -0.418. The Kier molecular flexibility index (Phi) is 6.12. The smallest absolute Gasteiger partial charge is 0.336 e. The molecule has 0 spiro atoms. The zero-order valence-electron chi connectivity index (χ0n) is 16.7. The van der Waals surface area contributed by atoms with Gasteiger partial charge in [0.2, 0.25) is 11.8 Å². The summed E-state index contributed by atoms with van der Waals surface area (Å²) in [7, 11) is 0. The third-order valence-electron chi connectivity index (χ3n) is 4.88. The minimum absolute atomic E-state index is 0.0174. The highest BCUT2D eigenvalue weighted by Crippen LogP contribution is 2.21. The van der Waals surface area contributed by atoms with Crippen LogP contribution in [0, 0.1) is 12.8 Å². The molecule has 6 nitrogen and oxygen atoms in total. The Morgan fingerprint density at radius 1 is 1.00 bits per heavy atom. The number of benzene rings is 2. The monoisotopic (exact) mass is 392 g/mol. The van der Waals surface area contributed by atoms with Crippen LogP contribution < -0.4 is 16.3 Å². The lowest BCUT2D eigenvalue weighted by atomic mass is 10.1. The predicted octanol–water partition coefficient (Wildman–Crippen LogP) is 4.27. The SMILES string of the molecule is CCC(C)C(=O)Nc1ccc(CC(=O)Nc2ccc3c(C)cc(=O)oc3c2)cc1. The van der Waals surface area contributed by atoms with Crippen LogP contribution in [0.25, 0.3) is 11.0 Å². The number of anilines is 2. The maximum Gasteiger partial charge on any atom is 0.336 e. The Bertz CT molecular complexity index is 1100. The first-order valence-electron chi connectivity index (χ1n) is 9.60. The number of hydrogen-bond donors (Lipinski definition) is 2. The van der Waals surface area contributed by atoms with Gasteiger partial charge >= 0.3 is 5.63 Å². The van der Waals surface area contributed by atoms with E-state index in [0.717, 1.165) is 22.9 Å². The molecule has 2 amide bonds. The van der Waals surface area contributed by atoms with E-state index < -0.39 is 5.63 Å². The van der Waals surface area contributed by atoms with Gasteiger partial charge in [0.05, 0.1) is 6.42 Å². The normalized spacial score (nSPS) is 11.8. The number of fused-ring (bicyclic) bond motifs is 1. The molecule has 2 aromatic carbocycles. The average Bonchev–Trinajstić information content (AvgIpc) is 2.68. The van der Waals surface area contributed by atoms with Crippen LogP contribution in [0.15, 0.2) is 57.7 Å². The Morgan fingerprint density at radius 2 is 1.69 bits per heavy atom. The summed E-state index contributed by atoms with van der Waals surface area (Å²) < 4.78 is 5.21. The van der Waals surface area contributed by atoms with Gasteiger partial charge in [0, 0.05) is 34.8 Å². The Labute approximate surface area is 168 Å². The van der Waals surface area contributed by atoms with Crippen LogP contribution in [0.5, 0.6) is 0 Å². The molecule has 0 aliphatic rings. The fourth-order valence-corrected chi connectivity index (χ4v) is 2.95. The molecular formula is C23H24N2O4. The van der Waals surface area contributed by atoms with Gasteiger partial charge in [0.1, 0.15) is 5.58 Å². The fraction of sp³-hybridized carbons (Fsp3) is 0.261. The summed E-state index contributed by atoms with van der Waals surface area (Å²) in [4.78, 5) is 35.9.